The summed E-state index contributed by atoms with van der Waals surface area (Å²) in [6.07, 6.45) is 1.75. The molecule has 0 bridgehead atoms. The molecule has 0 aliphatic heterocycles. The van der Waals surface area contributed by atoms with E-state index < -0.39 is 16.0 Å². The van der Waals surface area contributed by atoms with Gasteiger partial charge in [0.2, 0.25) is 0 Å². The number of aromatic nitrogens is 1. The summed E-state index contributed by atoms with van der Waals surface area (Å²) in [5.74, 6) is 6.45. The molecule has 96 valence electrons. The highest BCUT2D eigenvalue weighted by Crippen LogP contribution is 2.13. The van der Waals surface area contributed by atoms with Crippen molar-refractivity contribution in [3.05, 3.63) is 50.3 Å². The molecule has 2 rings (SSSR count). The van der Waals surface area contributed by atoms with E-state index in [0.717, 1.165) is 6.20 Å². The second-order valence-electron chi connectivity index (χ2n) is 3.80. The maximum atomic E-state index is 11.9. The van der Waals surface area contributed by atoms with Crippen LogP contribution in [0.2, 0.25) is 0 Å². The van der Waals surface area contributed by atoms with Crippen molar-refractivity contribution in [3.8, 4) is 11.8 Å². The third-order valence-corrected chi connectivity index (χ3v) is 2.75. The Morgan fingerprint density at radius 2 is 2.21 bits per heavy atom. The predicted octanol–water partition coefficient (Wildman–Crippen LogP) is 2.11. The average Bonchev–Trinajstić information content (AvgIpc) is 2.39. The number of pyridine rings is 1. The Kier molecular flexibility index (Phi) is 3.88. The van der Waals surface area contributed by atoms with E-state index in [1.807, 2.05) is 0 Å². The van der Waals surface area contributed by atoms with Crippen molar-refractivity contribution in [3.63, 3.8) is 0 Å². The molecule has 0 spiro atoms. The third-order valence-electron chi connectivity index (χ3n) is 2.53. The summed E-state index contributed by atoms with van der Waals surface area (Å²) in [5, 5.41) is 11.0. The SMILES string of the molecule is O=c1c([N+](=O)[O-])c[nH]c2ccc(C#CCCS)cc12. The van der Waals surface area contributed by atoms with Gasteiger partial charge in [-0.2, -0.15) is 12.6 Å². The monoisotopic (exact) mass is 274 g/mol. The zero-order valence-electron chi connectivity index (χ0n) is 9.84. The van der Waals surface area contributed by atoms with Crippen LogP contribution in [0.4, 0.5) is 5.69 Å². The van der Waals surface area contributed by atoms with Gasteiger partial charge in [-0.1, -0.05) is 11.8 Å². The molecule has 0 aliphatic carbocycles. The number of fused-ring (bicyclic) bond motifs is 1. The van der Waals surface area contributed by atoms with Crippen molar-refractivity contribution in [2.24, 2.45) is 0 Å². The first-order chi connectivity index (χ1) is 9.13. The van der Waals surface area contributed by atoms with Gasteiger partial charge in [0.1, 0.15) is 0 Å². The molecule has 0 fully saturated rings. The van der Waals surface area contributed by atoms with Crippen molar-refractivity contribution in [2.75, 3.05) is 5.75 Å². The Bertz CT molecular complexity index is 756. The molecule has 0 saturated heterocycles. The normalized spacial score (nSPS) is 9.95. The second kappa shape index (κ2) is 5.59. The minimum atomic E-state index is -0.697. The van der Waals surface area contributed by atoms with Crippen LogP contribution in [0.3, 0.4) is 0 Å². The van der Waals surface area contributed by atoms with Crippen molar-refractivity contribution < 1.29 is 4.92 Å². The van der Waals surface area contributed by atoms with Crippen LogP contribution in [0.15, 0.2) is 29.2 Å². The lowest BCUT2D eigenvalue weighted by Gasteiger charge is -1.98. The first-order valence-corrected chi connectivity index (χ1v) is 6.16. The van der Waals surface area contributed by atoms with Gasteiger partial charge in [-0.25, -0.2) is 0 Å². The second-order valence-corrected chi connectivity index (χ2v) is 4.24. The molecule has 1 aromatic heterocycles. The number of nitrogens with zero attached hydrogens (tertiary/aromatic N) is 1. The number of H-pyrrole nitrogens is 1. The van der Waals surface area contributed by atoms with E-state index in [4.69, 9.17) is 0 Å². The van der Waals surface area contributed by atoms with Gasteiger partial charge >= 0.3 is 5.69 Å². The van der Waals surface area contributed by atoms with Crippen LogP contribution >= 0.6 is 12.6 Å². The molecule has 1 N–H and O–H groups in total. The highest BCUT2D eigenvalue weighted by atomic mass is 32.1. The number of hydrogen-bond donors (Lipinski definition) is 2. The number of rotatable bonds is 2. The van der Waals surface area contributed by atoms with Crippen LogP contribution in [0, 0.1) is 22.0 Å². The minimum Gasteiger partial charge on any atom is -0.355 e. The van der Waals surface area contributed by atoms with Gasteiger partial charge in [0.15, 0.2) is 0 Å². The van der Waals surface area contributed by atoms with Gasteiger partial charge in [0.25, 0.3) is 5.43 Å². The van der Waals surface area contributed by atoms with Gasteiger partial charge < -0.3 is 4.98 Å². The topological polar surface area (TPSA) is 76.0 Å². The lowest BCUT2D eigenvalue weighted by atomic mass is 10.1. The average molecular weight is 274 g/mol. The van der Waals surface area contributed by atoms with Crippen LogP contribution in [-0.4, -0.2) is 15.7 Å². The Labute approximate surface area is 114 Å². The van der Waals surface area contributed by atoms with Crippen molar-refractivity contribution in [2.45, 2.75) is 6.42 Å². The zero-order chi connectivity index (χ0) is 13.8. The minimum absolute atomic E-state index is 0.270. The molecule has 0 amide bonds. The standard InChI is InChI=1S/C13H10N2O3S/c16-13-10-7-9(3-1-2-6-19)4-5-11(10)14-8-12(13)15(17)18/h4-5,7-8,19H,2,6H2,(H,14,16). The Hall–Kier alpha value is -2.26. The highest BCUT2D eigenvalue weighted by Gasteiger charge is 2.14. The van der Waals surface area contributed by atoms with Gasteiger partial charge in [0, 0.05) is 23.3 Å². The molecular formula is C13H10N2O3S. The summed E-state index contributed by atoms with van der Waals surface area (Å²) in [6.45, 7) is 0. The third kappa shape index (κ3) is 2.77. The molecule has 5 nitrogen and oxygen atoms in total. The molecule has 6 heteroatoms. The Balaban J connectivity index is 2.58. The molecule has 19 heavy (non-hydrogen) atoms. The number of benzene rings is 1. The van der Waals surface area contributed by atoms with Crippen LogP contribution in [0.25, 0.3) is 10.9 Å². The van der Waals surface area contributed by atoms with E-state index in [2.05, 4.69) is 29.5 Å². The van der Waals surface area contributed by atoms with E-state index in [0.29, 0.717) is 23.3 Å². The fourth-order valence-corrected chi connectivity index (χ4v) is 1.75. The summed E-state index contributed by atoms with van der Waals surface area (Å²) < 4.78 is 0. The van der Waals surface area contributed by atoms with E-state index >= 15 is 0 Å². The predicted molar refractivity (Wildman–Crippen MR) is 76.6 cm³/mol. The van der Waals surface area contributed by atoms with Gasteiger partial charge in [-0.05, 0) is 18.2 Å². The summed E-state index contributed by atoms with van der Waals surface area (Å²) in [5.41, 5.74) is 0.139. The molecule has 0 unspecified atom stereocenters. The maximum absolute atomic E-state index is 11.9. The van der Waals surface area contributed by atoms with Crippen LogP contribution in [0.5, 0.6) is 0 Å². The van der Waals surface area contributed by atoms with E-state index in [-0.39, 0.29) is 5.39 Å². The fraction of sp³-hybridized carbons (Fsp3) is 0.154. The number of thiol groups is 1. The largest absolute Gasteiger partial charge is 0.355 e. The van der Waals surface area contributed by atoms with Gasteiger partial charge in [-0.3, -0.25) is 14.9 Å². The summed E-state index contributed by atoms with van der Waals surface area (Å²) in [4.78, 5) is 24.7. The summed E-state index contributed by atoms with van der Waals surface area (Å²) in [6, 6.07) is 5.01. The quantitative estimate of drug-likeness (QED) is 0.381. The molecule has 0 radical (unpaired) electrons. The number of aromatic amines is 1. The molecule has 0 aliphatic rings. The zero-order valence-corrected chi connectivity index (χ0v) is 10.7. The summed E-state index contributed by atoms with van der Waals surface area (Å²) >= 11 is 4.05. The lowest BCUT2D eigenvalue weighted by molar-refractivity contribution is -0.386. The van der Waals surface area contributed by atoms with Gasteiger partial charge in [-0.15, -0.1) is 0 Å². The molecule has 0 atom stereocenters. The molecule has 2 aromatic rings. The van der Waals surface area contributed by atoms with Crippen molar-refractivity contribution in [1.29, 1.82) is 0 Å². The summed E-state index contributed by atoms with van der Waals surface area (Å²) in [7, 11) is 0. The number of nitro groups is 1. The van der Waals surface area contributed by atoms with Crippen LogP contribution < -0.4 is 5.43 Å². The molecule has 1 heterocycles. The lowest BCUT2D eigenvalue weighted by Crippen LogP contribution is -2.09. The smallest absolute Gasteiger partial charge is 0.332 e. The first kappa shape index (κ1) is 13.2. The van der Waals surface area contributed by atoms with E-state index in [9.17, 15) is 14.9 Å². The Morgan fingerprint density at radius 3 is 2.89 bits per heavy atom. The van der Waals surface area contributed by atoms with Crippen molar-refractivity contribution in [1.82, 2.24) is 4.98 Å². The van der Waals surface area contributed by atoms with E-state index in [1.165, 1.54) is 0 Å². The number of hydrogen-bond acceptors (Lipinski definition) is 4. The van der Waals surface area contributed by atoms with Crippen LogP contribution in [0.1, 0.15) is 12.0 Å². The fourth-order valence-electron chi connectivity index (χ4n) is 1.64. The first-order valence-electron chi connectivity index (χ1n) is 5.53. The van der Waals surface area contributed by atoms with Crippen LogP contribution in [-0.2, 0) is 0 Å². The molecule has 0 saturated carbocycles. The Morgan fingerprint density at radius 1 is 1.42 bits per heavy atom. The van der Waals surface area contributed by atoms with E-state index in [1.54, 1.807) is 18.2 Å². The molecular weight excluding hydrogens is 264 g/mol. The van der Waals surface area contributed by atoms with Gasteiger partial charge in [0.05, 0.1) is 16.5 Å². The van der Waals surface area contributed by atoms with Crippen molar-refractivity contribution >= 4 is 29.2 Å². The maximum Gasteiger partial charge on any atom is 0.332 e. The highest BCUT2D eigenvalue weighted by molar-refractivity contribution is 7.80. The molecule has 1 aromatic carbocycles. The number of nitrogens with one attached hydrogen (secondary N) is 1.